The van der Waals surface area contributed by atoms with Crippen LogP contribution in [-0.2, 0) is 21.2 Å². The van der Waals surface area contributed by atoms with E-state index in [1.54, 1.807) is 19.1 Å². The molecule has 1 aliphatic rings. The van der Waals surface area contributed by atoms with E-state index in [2.05, 4.69) is 4.98 Å². The number of para-hydroxylation sites is 1. The molecular weight excluding hydrogens is 416 g/mol. The lowest BCUT2D eigenvalue weighted by Gasteiger charge is -2.22. The van der Waals surface area contributed by atoms with Gasteiger partial charge in [0, 0.05) is 28.2 Å². The molecule has 3 aromatic rings. The van der Waals surface area contributed by atoms with Crippen molar-refractivity contribution in [2.24, 2.45) is 0 Å². The van der Waals surface area contributed by atoms with Gasteiger partial charge in [0.25, 0.3) is 0 Å². The number of hydrogen-bond acceptors (Lipinski definition) is 5. The van der Waals surface area contributed by atoms with Crippen molar-refractivity contribution in [2.75, 3.05) is 10.6 Å². The Morgan fingerprint density at radius 3 is 2.61 bits per heavy atom. The number of fused-ring (bicyclic) bond motifs is 2. The normalized spacial score (nSPS) is 16.9. The van der Waals surface area contributed by atoms with Crippen LogP contribution >= 0.6 is 0 Å². The molecule has 0 amide bonds. The summed E-state index contributed by atoms with van der Waals surface area (Å²) in [7, 11) is -3.41. The smallest absolute Gasteiger partial charge is 0.338 e. The monoisotopic (exact) mass is 440 g/mol. The zero-order valence-corrected chi connectivity index (χ0v) is 18.6. The van der Waals surface area contributed by atoms with Gasteiger partial charge < -0.3 is 9.72 Å². The lowest BCUT2D eigenvalue weighted by Crippen LogP contribution is -2.34. The molecule has 4 rings (SSSR count). The lowest BCUT2D eigenvalue weighted by atomic mass is 10.0. The molecule has 2 atom stereocenters. The van der Waals surface area contributed by atoms with Gasteiger partial charge in [0.2, 0.25) is 15.8 Å². The van der Waals surface area contributed by atoms with Gasteiger partial charge in [-0.2, -0.15) is 0 Å². The van der Waals surface area contributed by atoms with Crippen molar-refractivity contribution in [3.05, 3.63) is 64.8 Å². The highest BCUT2D eigenvalue weighted by Gasteiger charge is 2.33. The standard InChI is InChI=1S/C23H24N2O5S/c1-13-11-17-12-16(9-10-20(17)25(13)31(4,28)29)23(27)30-15(3)22(26)21-14(2)24-19-8-6-5-7-18(19)21/h5-10,12-13,15,24H,11H2,1-4H3. The molecule has 0 bridgehead atoms. The largest absolute Gasteiger partial charge is 0.451 e. The Morgan fingerprint density at radius 2 is 1.90 bits per heavy atom. The van der Waals surface area contributed by atoms with Crippen LogP contribution in [0.5, 0.6) is 0 Å². The van der Waals surface area contributed by atoms with E-state index in [1.165, 1.54) is 16.6 Å². The highest BCUT2D eigenvalue weighted by atomic mass is 32.2. The number of nitrogens with zero attached hydrogens (tertiary/aromatic N) is 1. The molecule has 8 heteroatoms. The number of sulfonamides is 1. The number of aromatic amines is 1. The predicted molar refractivity (Wildman–Crippen MR) is 119 cm³/mol. The minimum Gasteiger partial charge on any atom is -0.451 e. The first-order valence-electron chi connectivity index (χ1n) is 10.0. The Morgan fingerprint density at radius 1 is 1.19 bits per heavy atom. The number of H-pyrrole nitrogens is 1. The molecule has 0 spiro atoms. The van der Waals surface area contributed by atoms with Crippen LogP contribution in [0.25, 0.3) is 10.9 Å². The molecule has 0 radical (unpaired) electrons. The van der Waals surface area contributed by atoms with E-state index in [4.69, 9.17) is 4.74 Å². The fourth-order valence-corrected chi connectivity index (χ4v) is 5.58. The summed E-state index contributed by atoms with van der Waals surface area (Å²) in [4.78, 5) is 28.9. The van der Waals surface area contributed by atoms with Crippen LogP contribution in [0.1, 0.15) is 45.8 Å². The van der Waals surface area contributed by atoms with Crippen LogP contribution in [0.2, 0.25) is 0 Å². The van der Waals surface area contributed by atoms with Crippen molar-refractivity contribution >= 4 is 38.4 Å². The maximum Gasteiger partial charge on any atom is 0.338 e. The molecule has 1 N–H and O–H groups in total. The van der Waals surface area contributed by atoms with Gasteiger partial charge in [0.15, 0.2) is 6.10 Å². The minimum absolute atomic E-state index is 0.221. The average Bonchev–Trinajstić information content (AvgIpc) is 3.21. The number of rotatable bonds is 5. The van der Waals surface area contributed by atoms with E-state index in [9.17, 15) is 18.0 Å². The molecule has 7 nitrogen and oxygen atoms in total. The van der Waals surface area contributed by atoms with Crippen molar-refractivity contribution in [1.82, 2.24) is 4.98 Å². The quantitative estimate of drug-likeness (QED) is 0.483. The minimum atomic E-state index is -3.41. The lowest BCUT2D eigenvalue weighted by molar-refractivity contribution is 0.0319. The van der Waals surface area contributed by atoms with Crippen LogP contribution in [0, 0.1) is 6.92 Å². The third-order valence-electron chi connectivity index (χ3n) is 5.62. The summed E-state index contributed by atoms with van der Waals surface area (Å²) in [6.45, 7) is 5.20. The number of hydrogen-bond donors (Lipinski definition) is 1. The molecule has 1 aromatic heterocycles. The number of anilines is 1. The van der Waals surface area contributed by atoms with Crippen LogP contribution in [0.4, 0.5) is 5.69 Å². The van der Waals surface area contributed by atoms with Crippen LogP contribution in [0.15, 0.2) is 42.5 Å². The fourth-order valence-electron chi connectivity index (χ4n) is 4.31. The Kier molecular flexibility index (Phi) is 5.13. The number of aromatic nitrogens is 1. The Hall–Kier alpha value is -3.13. The number of aryl methyl sites for hydroxylation is 1. The molecule has 2 aromatic carbocycles. The van der Waals surface area contributed by atoms with E-state index >= 15 is 0 Å². The summed E-state index contributed by atoms with van der Waals surface area (Å²) in [5.41, 5.74) is 3.72. The van der Waals surface area contributed by atoms with Crippen molar-refractivity contribution < 1.29 is 22.7 Å². The number of carbonyl (C=O) groups is 2. The number of nitrogens with one attached hydrogen (secondary N) is 1. The number of ketones is 1. The third-order valence-corrected chi connectivity index (χ3v) is 6.89. The van der Waals surface area contributed by atoms with E-state index in [0.29, 0.717) is 17.7 Å². The molecule has 0 saturated heterocycles. The Bertz CT molecular complexity index is 1310. The van der Waals surface area contributed by atoms with Crippen molar-refractivity contribution in [2.45, 2.75) is 39.3 Å². The average molecular weight is 441 g/mol. The highest BCUT2D eigenvalue weighted by Crippen LogP contribution is 2.35. The number of ether oxygens (including phenoxy) is 1. The second-order valence-corrected chi connectivity index (χ2v) is 9.90. The Balaban J connectivity index is 1.56. The molecule has 31 heavy (non-hydrogen) atoms. The molecule has 162 valence electrons. The first-order valence-corrected chi connectivity index (χ1v) is 11.9. The Labute approximate surface area is 181 Å². The molecule has 1 aliphatic heterocycles. The van der Waals surface area contributed by atoms with E-state index in [1.807, 2.05) is 38.1 Å². The molecule has 0 fully saturated rings. The molecule has 2 unspecified atom stereocenters. The molecule has 2 heterocycles. The fraction of sp³-hybridized carbons (Fsp3) is 0.304. The molecular formula is C23H24N2O5S. The second-order valence-electron chi connectivity index (χ2n) is 8.04. The van der Waals surface area contributed by atoms with Crippen LogP contribution < -0.4 is 4.31 Å². The summed E-state index contributed by atoms with van der Waals surface area (Å²) in [5.74, 6) is -0.895. The van der Waals surface area contributed by atoms with Crippen molar-refractivity contribution in [3.63, 3.8) is 0 Å². The highest BCUT2D eigenvalue weighted by molar-refractivity contribution is 7.92. The topological polar surface area (TPSA) is 96.5 Å². The van der Waals surface area contributed by atoms with Crippen LogP contribution in [-0.4, -0.2) is 43.6 Å². The maximum absolute atomic E-state index is 13.0. The van der Waals surface area contributed by atoms with Crippen LogP contribution in [0.3, 0.4) is 0 Å². The van der Waals surface area contributed by atoms with Crippen molar-refractivity contribution in [3.8, 4) is 0 Å². The molecule has 0 saturated carbocycles. The molecule has 0 aliphatic carbocycles. The first-order chi connectivity index (χ1) is 14.6. The number of esters is 1. The summed E-state index contributed by atoms with van der Waals surface area (Å²) < 4.78 is 31.0. The van der Waals surface area contributed by atoms with Gasteiger partial charge in [-0.1, -0.05) is 18.2 Å². The zero-order valence-electron chi connectivity index (χ0n) is 17.8. The third kappa shape index (κ3) is 3.72. The zero-order chi connectivity index (χ0) is 22.5. The van der Waals surface area contributed by atoms with E-state index in [-0.39, 0.29) is 17.4 Å². The second kappa shape index (κ2) is 7.53. The maximum atomic E-state index is 13.0. The van der Waals surface area contributed by atoms with E-state index in [0.717, 1.165) is 22.2 Å². The first kappa shape index (κ1) is 21.1. The van der Waals surface area contributed by atoms with Gasteiger partial charge in [-0.25, -0.2) is 13.2 Å². The van der Waals surface area contributed by atoms with Gasteiger partial charge in [-0.05, 0) is 57.0 Å². The van der Waals surface area contributed by atoms with E-state index < -0.39 is 22.1 Å². The summed E-state index contributed by atoms with van der Waals surface area (Å²) in [6, 6.07) is 12.1. The predicted octanol–water partition coefficient (Wildman–Crippen LogP) is 3.62. The number of Topliss-reactive ketones (excluding diaryl/α,β-unsaturated/α-hetero) is 1. The van der Waals surface area contributed by atoms with Gasteiger partial charge in [0.05, 0.1) is 17.5 Å². The van der Waals surface area contributed by atoms with Gasteiger partial charge in [-0.3, -0.25) is 9.10 Å². The number of benzene rings is 2. The van der Waals surface area contributed by atoms with Crippen molar-refractivity contribution in [1.29, 1.82) is 0 Å². The number of carbonyl (C=O) groups excluding carboxylic acids is 2. The van der Waals surface area contributed by atoms with Gasteiger partial charge in [-0.15, -0.1) is 0 Å². The summed E-state index contributed by atoms with van der Waals surface area (Å²) in [5, 5.41) is 0.792. The van der Waals surface area contributed by atoms with Gasteiger partial charge >= 0.3 is 5.97 Å². The summed E-state index contributed by atoms with van der Waals surface area (Å²) in [6.07, 6.45) is 0.706. The SMILES string of the molecule is Cc1[nH]c2ccccc2c1C(=O)C(C)OC(=O)c1ccc2c(c1)CC(C)N2S(C)(=O)=O. The van der Waals surface area contributed by atoms with Gasteiger partial charge in [0.1, 0.15) is 0 Å². The summed E-state index contributed by atoms with van der Waals surface area (Å²) >= 11 is 0.